The van der Waals surface area contributed by atoms with Gasteiger partial charge in [-0.15, -0.1) is 0 Å². The van der Waals surface area contributed by atoms with Crippen molar-refractivity contribution in [2.24, 2.45) is 0 Å². The molecule has 0 aromatic heterocycles. The van der Waals surface area contributed by atoms with Crippen LogP contribution in [-0.4, -0.2) is 18.2 Å². The Hall–Kier alpha value is -1.21. The van der Waals surface area contributed by atoms with Gasteiger partial charge in [-0.2, -0.15) is 0 Å². The number of hydrogen-bond donors (Lipinski definition) is 0. The second kappa shape index (κ2) is 5.88. The van der Waals surface area contributed by atoms with Gasteiger partial charge >= 0.3 is 0 Å². The number of Topliss-reactive ketones (excluding diaryl/α,β-unsaturated/α-hetero) is 1. The first-order chi connectivity index (χ1) is 10.1. The summed E-state index contributed by atoms with van der Waals surface area (Å²) in [5, 5.41) is 0. The second-order valence-corrected chi connectivity index (χ2v) is 6.85. The zero-order chi connectivity index (χ0) is 15.0. The minimum Gasteiger partial charge on any atom is -0.307 e. The van der Waals surface area contributed by atoms with Gasteiger partial charge < -0.3 is 4.90 Å². The lowest BCUT2D eigenvalue weighted by atomic mass is 9.99. The Balaban J connectivity index is 2.05. The second-order valence-electron chi connectivity index (χ2n) is 4.77. The number of nitrogens with zero attached hydrogens (tertiary/aromatic N) is 1. The van der Waals surface area contributed by atoms with Crippen LogP contribution in [0.2, 0.25) is 0 Å². The van der Waals surface area contributed by atoms with Crippen molar-refractivity contribution >= 4 is 55.9 Å². The van der Waals surface area contributed by atoms with Crippen molar-refractivity contribution in [2.75, 3.05) is 11.4 Å². The number of halogens is 2. The van der Waals surface area contributed by atoms with E-state index in [1.807, 2.05) is 36.4 Å². The standard InChI is InChI=1S/C16H11BrINO2/c17-10-5-6-13(18)12(9-10)16(21)19-8-7-15(20)11-3-1-2-4-14(11)19/h1-6,9H,7-8H2. The molecule has 1 aliphatic heterocycles. The van der Waals surface area contributed by atoms with Crippen LogP contribution in [0, 0.1) is 3.57 Å². The van der Waals surface area contributed by atoms with Crippen molar-refractivity contribution in [3.63, 3.8) is 0 Å². The third kappa shape index (κ3) is 2.76. The lowest BCUT2D eigenvalue weighted by Crippen LogP contribution is -2.37. The molecule has 2 aromatic rings. The summed E-state index contributed by atoms with van der Waals surface area (Å²) in [7, 11) is 0. The normalized spacial score (nSPS) is 14.0. The van der Waals surface area contributed by atoms with Gasteiger partial charge in [0, 0.05) is 26.6 Å². The number of ketones is 1. The van der Waals surface area contributed by atoms with E-state index in [4.69, 9.17) is 0 Å². The Bertz CT molecular complexity index is 745. The molecule has 0 unspecified atom stereocenters. The number of hydrogen-bond acceptors (Lipinski definition) is 2. The molecule has 0 aliphatic carbocycles. The third-order valence-electron chi connectivity index (χ3n) is 3.46. The first kappa shape index (κ1) is 14.7. The maximum absolute atomic E-state index is 12.8. The summed E-state index contributed by atoms with van der Waals surface area (Å²) >= 11 is 5.56. The molecule has 3 rings (SSSR count). The third-order valence-corrected chi connectivity index (χ3v) is 4.90. The van der Waals surface area contributed by atoms with E-state index in [-0.39, 0.29) is 11.7 Å². The van der Waals surface area contributed by atoms with Crippen LogP contribution in [0.3, 0.4) is 0 Å². The molecule has 1 heterocycles. The molecule has 0 radical (unpaired) electrons. The molecule has 2 aromatic carbocycles. The molecule has 3 nitrogen and oxygen atoms in total. The van der Waals surface area contributed by atoms with E-state index >= 15 is 0 Å². The monoisotopic (exact) mass is 455 g/mol. The highest BCUT2D eigenvalue weighted by molar-refractivity contribution is 14.1. The highest BCUT2D eigenvalue weighted by Gasteiger charge is 2.28. The minimum atomic E-state index is -0.0688. The Morgan fingerprint density at radius 1 is 1.19 bits per heavy atom. The van der Waals surface area contributed by atoms with E-state index in [0.29, 0.717) is 29.8 Å². The molecule has 0 atom stereocenters. The molecule has 1 amide bonds. The highest BCUT2D eigenvalue weighted by Crippen LogP contribution is 2.29. The summed E-state index contributed by atoms with van der Waals surface area (Å²) in [6, 6.07) is 12.9. The van der Waals surface area contributed by atoms with Crippen LogP contribution in [-0.2, 0) is 0 Å². The predicted molar refractivity (Wildman–Crippen MR) is 93.9 cm³/mol. The summed E-state index contributed by atoms with van der Waals surface area (Å²) in [5.41, 5.74) is 1.98. The average Bonchev–Trinajstić information content (AvgIpc) is 2.50. The Kier molecular flexibility index (Phi) is 4.12. The molecular formula is C16H11BrINO2. The molecule has 5 heteroatoms. The van der Waals surface area contributed by atoms with Crippen LogP contribution < -0.4 is 4.90 Å². The number of amides is 1. The van der Waals surface area contributed by atoms with Gasteiger partial charge in [0.05, 0.1) is 11.3 Å². The smallest absolute Gasteiger partial charge is 0.259 e. The Labute approximate surface area is 144 Å². The molecule has 0 saturated heterocycles. The number of anilines is 1. The molecule has 0 saturated carbocycles. The van der Waals surface area contributed by atoms with Gasteiger partial charge in [-0.3, -0.25) is 9.59 Å². The topological polar surface area (TPSA) is 37.4 Å². The van der Waals surface area contributed by atoms with Gasteiger partial charge in [0.1, 0.15) is 0 Å². The minimum absolute atomic E-state index is 0.0688. The number of carbonyl (C=O) groups excluding carboxylic acids is 2. The van der Waals surface area contributed by atoms with Crippen molar-refractivity contribution in [1.29, 1.82) is 0 Å². The molecule has 0 N–H and O–H groups in total. The van der Waals surface area contributed by atoms with E-state index in [2.05, 4.69) is 38.5 Å². The van der Waals surface area contributed by atoms with Crippen molar-refractivity contribution in [3.05, 3.63) is 61.6 Å². The van der Waals surface area contributed by atoms with Gasteiger partial charge in [-0.25, -0.2) is 0 Å². The van der Waals surface area contributed by atoms with Crippen LogP contribution in [0.15, 0.2) is 46.9 Å². The lowest BCUT2D eigenvalue weighted by molar-refractivity contribution is 0.0954. The first-order valence-electron chi connectivity index (χ1n) is 6.47. The number of para-hydroxylation sites is 1. The zero-order valence-corrected chi connectivity index (χ0v) is 14.7. The fourth-order valence-electron chi connectivity index (χ4n) is 2.43. The van der Waals surface area contributed by atoms with Gasteiger partial charge in [-0.05, 0) is 52.9 Å². The molecule has 106 valence electrons. The maximum atomic E-state index is 12.8. The first-order valence-corrected chi connectivity index (χ1v) is 8.34. The van der Waals surface area contributed by atoms with Crippen molar-refractivity contribution in [1.82, 2.24) is 0 Å². The van der Waals surface area contributed by atoms with Gasteiger partial charge in [0.25, 0.3) is 5.91 Å². The van der Waals surface area contributed by atoms with Crippen molar-refractivity contribution in [3.8, 4) is 0 Å². The quantitative estimate of drug-likeness (QED) is 0.601. The van der Waals surface area contributed by atoms with Crippen LogP contribution >= 0.6 is 38.5 Å². The van der Waals surface area contributed by atoms with Crippen molar-refractivity contribution < 1.29 is 9.59 Å². The predicted octanol–water partition coefficient (Wildman–Crippen LogP) is 4.29. The maximum Gasteiger partial charge on any atom is 0.259 e. The molecular weight excluding hydrogens is 445 g/mol. The summed E-state index contributed by atoms with van der Waals surface area (Å²) < 4.78 is 1.77. The lowest BCUT2D eigenvalue weighted by Gasteiger charge is -2.29. The summed E-state index contributed by atoms with van der Waals surface area (Å²) in [4.78, 5) is 26.5. The van der Waals surface area contributed by atoms with Crippen LogP contribution in [0.1, 0.15) is 27.1 Å². The number of benzene rings is 2. The number of rotatable bonds is 1. The summed E-state index contributed by atoms with van der Waals surface area (Å²) in [6.45, 7) is 0.428. The van der Waals surface area contributed by atoms with Crippen molar-refractivity contribution in [2.45, 2.75) is 6.42 Å². The van der Waals surface area contributed by atoms with E-state index in [1.165, 1.54) is 0 Å². The van der Waals surface area contributed by atoms with Crippen LogP contribution in [0.5, 0.6) is 0 Å². The molecule has 1 aliphatic rings. The van der Waals surface area contributed by atoms with Gasteiger partial charge in [0.15, 0.2) is 5.78 Å². The van der Waals surface area contributed by atoms with Crippen LogP contribution in [0.25, 0.3) is 0 Å². The number of carbonyl (C=O) groups is 2. The van der Waals surface area contributed by atoms with E-state index in [1.54, 1.807) is 11.0 Å². The number of fused-ring (bicyclic) bond motifs is 1. The molecule has 0 fully saturated rings. The van der Waals surface area contributed by atoms with Gasteiger partial charge in [0.2, 0.25) is 0 Å². The van der Waals surface area contributed by atoms with E-state index in [0.717, 1.165) is 8.04 Å². The van der Waals surface area contributed by atoms with Gasteiger partial charge in [-0.1, -0.05) is 28.1 Å². The SMILES string of the molecule is O=C1CCN(C(=O)c2cc(Br)ccc2I)c2ccccc21. The summed E-state index contributed by atoms with van der Waals surface area (Å²) in [5.74, 6) is 0.0271. The molecule has 21 heavy (non-hydrogen) atoms. The fraction of sp³-hybridized carbons (Fsp3) is 0.125. The van der Waals surface area contributed by atoms with Crippen LogP contribution in [0.4, 0.5) is 5.69 Å². The zero-order valence-electron chi connectivity index (χ0n) is 11.0. The molecule has 0 spiro atoms. The Morgan fingerprint density at radius 3 is 2.76 bits per heavy atom. The summed E-state index contributed by atoms with van der Waals surface area (Å²) in [6.07, 6.45) is 0.368. The highest BCUT2D eigenvalue weighted by atomic mass is 127. The largest absolute Gasteiger partial charge is 0.307 e. The fourth-order valence-corrected chi connectivity index (χ4v) is 3.36. The molecule has 0 bridgehead atoms. The average molecular weight is 456 g/mol. The van der Waals surface area contributed by atoms with E-state index in [9.17, 15) is 9.59 Å². The van der Waals surface area contributed by atoms with E-state index < -0.39 is 0 Å². The Morgan fingerprint density at radius 2 is 1.95 bits per heavy atom.